The molecule has 3 aromatic carbocycles. The second-order valence-corrected chi connectivity index (χ2v) is 7.43. The Morgan fingerprint density at radius 3 is 2.31 bits per heavy atom. The number of rotatable bonds is 6. The number of anilines is 2. The van der Waals surface area contributed by atoms with Crippen molar-refractivity contribution in [3.8, 4) is 0 Å². The third kappa shape index (κ3) is 5.69. The Bertz CT molecular complexity index is 1370. The molecule has 178 valence electrons. The van der Waals surface area contributed by atoms with Crippen molar-refractivity contribution >= 4 is 23.2 Å². The van der Waals surface area contributed by atoms with Gasteiger partial charge in [-0.3, -0.25) is 9.59 Å². The molecule has 1 heterocycles. The molecule has 0 radical (unpaired) electrons. The summed E-state index contributed by atoms with van der Waals surface area (Å²) in [5.74, 6) is -2.62. The number of hydrogen-bond donors (Lipinski definition) is 2. The lowest BCUT2D eigenvalue weighted by atomic mass is 10.1. The Hall–Kier alpha value is -4.54. The molecule has 4 rings (SSSR count). The van der Waals surface area contributed by atoms with E-state index in [9.17, 15) is 27.2 Å². The molecular weight excluding hydrogens is 466 g/mol. The highest BCUT2D eigenvalue weighted by Gasteiger charge is 2.34. The molecule has 7 nitrogen and oxygen atoms in total. The summed E-state index contributed by atoms with van der Waals surface area (Å²) in [5.41, 5.74) is -1.56. The summed E-state index contributed by atoms with van der Waals surface area (Å²) in [6.45, 7) is 0.325. The summed E-state index contributed by atoms with van der Waals surface area (Å²) in [7, 11) is 0. The first-order valence-corrected chi connectivity index (χ1v) is 10.2. The van der Waals surface area contributed by atoms with Gasteiger partial charge in [0.15, 0.2) is 5.69 Å². The van der Waals surface area contributed by atoms with Crippen LogP contribution < -0.4 is 10.6 Å². The first kappa shape index (κ1) is 23.6. The van der Waals surface area contributed by atoms with Gasteiger partial charge in [0.1, 0.15) is 5.82 Å². The average molecular weight is 483 g/mol. The largest absolute Gasteiger partial charge is 0.418 e. The van der Waals surface area contributed by atoms with E-state index in [1.54, 1.807) is 0 Å². The van der Waals surface area contributed by atoms with Crippen LogP contribution in [-0.2, 0) is 12.7 Å². The summed E-state index contributed by atoms with van der Waals surface area (Å²) in [6, 6.07) is 17.1. The lowest BCUT2D eigenvalue weighted by Crippen LogP contribution is -2.18. The highest BCUT2D eigenvalue weighted by Crippen LogP contribution is 2.37. The molecule has 0 saturated heterocycles. The van der Waals surface area contributed by atoms with Gasteiger partial charge >= 0.3 is 6.18 Å². The highest BCUT2D eigenvalue weighted by molar-refractivity contribution is 6.05. The number of hydrogen-bond acceptors (Lipinski definition) is 4. The molecule has 11 heteroatoms. The second kappa shape index (κ2) is 9.75. The SMILES string of the molecule is O=C(Nc1ccc(NC(=O)c2ccccc2F)cc1C(F)(F)F)c1cn(Cc2ccccc2)nn1. The zero-order valence-corrected chi connectivity index (χ0v) is 17.9. The molecule has 4 aromatic rings. The van der Waals surface area contributed by atoms with E-state index >= 15 is 0 Å². The topological polar surface area (TPSA) is 88.9 Å². The van der Waals surface area contributed by atoms with E-state index in [2.05, 4.69) is 20.9 Å². The maximum Gasteiger partial charge on any atom is 0.418 e. The van der Waals surface area contributed by atoms with Gasteiger partial charge in [-0.05, 0) is 35.9 Å². The van der Waals surface area contributed by atoms with Crippen LogP contribution in [0.15, 0.2) is 79.0 Å². The van der Waals surface area contributed by atoms with Gasteiger partial charge in [-0.2, -0.15) is 13.2 Å². The van der Waals surface area contributed by atoms with E-state index < -0.39 is 35.1 Å². The predicted octanol–water partition coefficient (Wildman–Crippen LogP) is 4.99. The van der Waals surface area contributed by atoms with E-state index in [0.717, 1.165) is 23.8 Å². The van der Waals surface area contributed by atoms with Crippen LogP contribution >= 0.6 is 0 Å². The molecule has 0 atom stereocenters. The summed E-state index contributed by atoms with van der Waals surface area (Å²) >= 11 is 0. The fourth-order valence-corrected chi connectivity index (χ4v) is 3.25. The lowest BCUT2D eigenvalue weighted by molar-refractivity contribution is -0.136. The Labute approximate surface area is 196 Å². The molecule has 2 N–H and O–H groups in total. The zero-order valence-electron chi connectivity index (χ0n) is 17.9. The van der Waals surface area contributed by atoms with Gasteiger partial charge < -0.3 is 10.6 Å². The van der Waals surface area contributed by atoms with Crippen LogP contribution in [0.4, 0.5) is 28.9 Å². The van der Waals surface area contributed by atoms with Crippen molar-refractivity contribution < 1.29 is 27.2 Å². The Balaban J connectivity index is 1.52. The van der Waals surface area contributed by atoms with Gasteiger partial charge in [0.05, 0.1) is 29.6 Å². The molecule has 0 unspecified atom stereocenters. The molecule has 0 aliphatic heterocycles. The van der Waals surface area contributed by atoms with Gasteiger partial charge in [0.25, 0.3) is 11.8 Å². The molecule has 2 amide bonds. The van der Waals surface area contributed by atoms with Crippen molar-refractivity contribution in [1.82, 2.24) is 15.0 Å². The monoisotopic (exact) mass is 483 g/mol. The van der Waals surface area contributed by atoms with Gasteiger partial charge in [-0.1, -0.05) is 47.7 Å². The first-order chi connectivity index (χ1) is 16.7. The summed E-state index contributed by atoms with van der Waals surface area (Å²) in [5, 5.41) is 12.0. The Kier molecular flexibility index (Phi) is 6.58. The van der Waals surface area contributed by atoms with Crippen LogP contribution in [0.5, 0.6) is 0 Å². The molecule has 0 spiro atoms. The third-order valence-corrected chi connectivity index (χ3v) is 4.91. The lowest BCUT2D eigenvalue weighted by Gasteiger charge is -2.15. The molecule has 0 saturated carbocycles. The summed E-state index contributed by atoms with van der Waals surface area (Å²) < 4.78 is 56.3. The van der Waals surface area contributed by atoms with E-state index in [4.69, 9.17) is 0 Å². The van der Waals surface area contributed by atoms with Crippen LogP contribution in [0.1, 0.15) is 32.0 Å². The predicted molar refractivity (Wildman–Crippen MR) is 119 cm³/mol. The normalized spacial score (nSPS) is 11.2. The minimum absolute atomic E-state index is 0.175. The second-order valence-electron chi connectivity index (χ2n) is 7.43. The Morgan fingerprint density at radius 1 is 0.886 bits per heavy atom. The fourth-order valence-electron chi connectivity index (χ4n) is 3.25. The average Bonchev–Trinajstić information content (AvgIpc) is 3.29. The summed E-state index contributed by atoms with van der Waals surface area (Å²) in [6.07, 6.45) is -3.54. The minimum atomic E-state index is -4.85. The number of alkyl halides is 3. The van der Waals surface area contributed by atoms with Crippen molar-refractivity contribution in [3.05, 3.63) is 107 Å². The Morgan fingerprint density at radius 2 is 1.60 bits per heavy atom. The van der Waals surface area contributed by atoms with Crippen molar-refractivity contribution in [3.63, 3.8) is 0 Å². The first-order valence-electron chi connectivity index (χ1n) is 10.2. The molecule has 0 aliphatic carbocycles. The maximum atomic E-state index is 13.8. The smallest absolute Gasteiger partial charge is 0.322 e. The van der Waals surface area contributed by atoms with E-state index in [1.807, 2.05) is 30.3 Å². The quantitative estimate of drug-likeness (QED) is 0.378. The van der Waals surface area contributed by atoms with Crippen molar-refractivity contribution in [2.24, 2.45) is 0 Å². The zero-order chi connectivity index (χ0) is 25.0. The van der Waals surface area contributed by atoms with E-state index in [1.165, 1.54) is 29.1 Å². The van der Waals surface area contributed by atoms with E-state index in [0.29, 0.717) is 12.6 Å². The fraction of sp³-hybridized carbons (Fsp3) is 0.0833. The van der Waals surface area contributed by atoms with Crippen LogP contribution in [0, 0.1) is 5.82 Å². The number of aromatic nitrogens is 3. The summed E-state index contributed by atoms with van der Waals surface area (Å²) in [4.78, 5) is 24.8. The van der Waals surface area contributed by atoms with Crippen molar-refractivity contribution in [2.75, 3.05) is 10.6 Å². The number of halogens is 4. The molecular formula is C24H17F4N5O2. The number of nitrogens with zero attached hydrogens (tertiary/aromatic N) is 3. The van der Waals surface area contributed by atoms with Crippen LogP contribution in [0.25, 0.3) is 0 Å². The number of carbonyl (C=O) groups excluding carboxylic acids is 2. The highest BCUT2D eigenvalue weighted by atomic mass is 19.4. The number of carbonyl (C=O) groups is 2. The number of amides is 2. The molecule has 0 aliphatic rings. The molecule has 1 aromatic heterocycles. The van der Waals surface area contributed by atoms with Crippen molar-refractivity contribution in [1.29, 1.82) is 0 Å². The van der Waals surface area contributed by atoms with Crippen LogP contribution in [-0.4, -0.2) is 26.8 Å². The standard InChI is InChI=1S/C24H17F4N5O2/c25-19-9-5-4-8-17(19)22(34)29-16-10-11-20(18(12-16)24(26,27)28)30-23(35)21-14-33(32-31-21)13-15-6-2-1-3-7-15/h1-12,14H,13H2,(H,29,34)(H,30,35). The van der Waals surface area contributed by atoms with Gasteiger partial charge in [-0.25, -0.2) is 9.07 Å². The van der Waals surface area contributed by atoms with Gasteiger partial charge in [-0.15, -0.1) is 5.10 Å². The van der Waals surface area contributed by atoms with E-state index in [-0.39, 0.29) is 16.9 Å². The molecule has 0 bridgehead atoms. The molecule has 0 fully saturated rings. The van der Waals surface area contributed by atoms with Crippen LogP contribution in [0.2, 0.25) is 0 Å². The van der Waals surface area contributed by atoms with Gasteiger partial charge in [0, 0.05) is 5.69 Å². The molecule has 35 heavy (non-hydrogen) atoms. The number of benzene rings is 3. The maximum absolute atomic E-state index is 13.8. The van der Waals surface area contributed by atoms with Gasteiger partial charge in [0.2, 0.25) is 0 Å². The van der Waals surface area contributed by atoms with Crippen LogP contribution in [0.3, 0.4) is 0 Å². The minimum Gasteiger partial charge on any atom is -0.322 e. The third-order valence-electron chi connectivity index (χ3n) is 4.91. The van der Waals surface area contributed by atoms with Crippen molar-refractivity contribution in [2.45, 2.75) is 12.7 Å². The number of nitrogens with one attached hydrogen (secondary N) is 2.